The topological polar surface area (TPSA) is 134 Å². The van der Waals surface area contributed by atoms with Crippen molar-refractivity contribution in [1.82, 2.24) is 25.5 Å². The number of hydrogen-bond donors (Lipinski definition) is 2. The van der Waals surface area contributed by atoms with Crippen molar-refractivity contribution >= 4 is 47.5 Å². The van der Waals surface area contributed by atoms with E-state index in [9.17, 15) is 18.9 Å². The van der Waals surface area contributed by atoms with E-state index in [0.29, 0.717) is 54.0 Å². The first kappa shape index (κ1) is 41.2. The summed E-state index contributed by atoms with van der Waals surface area (Å²) in [6.45, 7) is 6.78. The number of hydrogen-bond acceptors (Lipinski definition) is 9. The minimum Gasteiger partial charge on any atom is -0.496 e. The second-order valence-electron chi connectivity index (χ2n) is 15.7. The molecule has 302 valence electrons. The minimum atomic E-state index is -2.47. The van der Waals surface area contributed by atoms with Gasteiger partial charge in [-0.25, -0.2) is 9.97 Å². The van der Waals surface area contributed by atoms with Crippen LogP contribution >= 0.6 is 18.7 Å². The molecule has 58 heavy (non-hydrogen) atoms. The monoisotopic (exact) mass is 820 g/mol. The van der Waals surface area contributed by atoms with Crippen LogP contribution in [-0.4, -0.2) is 84.7 Å². The molecule has 1 atom stereocenters. The maximum absolute atomic E-state index is 13.0. The third-order valence-electron chi connectivity index (χ3n) is 11.2. The Morgan fingerprint density at radius 2 is 1.79 bits per heavy atom. The quantitative estimate of drug-likeness (QED) is 0.0710. The maximum atomic E-state index is 13.0. The predicted molar refractivity (Wildman–Crippen MR) is 228 cm³/mol. The van der Waals surface area contributed by atoms with E-state index in [-0.39, 0.29) is 18.2 Å². The van der Waals surface area contributed by atoms with E-state index in [4.69, 9.17) is 21.3 Å². The number of halogens is 1. The van der Waals surface area contributed by atoms with Gasteiger partial charge in [0.05, 0.1) is 17.8 Å². The highest BCUT2D eigenvalue weighted by Crippen LogP contribution is 2.37. The first-order chi connectivity index (χ1) is 28.0. The molecule has 4 heterocycles. The Balaban J connectivity index is 0.843. The third kappa shape index (κ3) is 9.81. The molecule has 11 nitrogen and oxygen atoms in total. The number of piperidine rings is 2. The zero-order chi connectivity index (χ0) is 40.8. The number of rotatable bonds is 13. The largest absolute Gasteiger partial charge is 0.496 e. The summed E-state index contributed by atoms with van der Waals surface area (Å²) in [5.41, 5.74) is 6.13. The van der Waals surface area contributed by atoms with Crippen LogP contribution in [0.1, 0.15) is 89.1 Å². The van der Waals surface area contributed by atoms with Crippen LogP contribution in [0.2, 0.25) is 5.02 Å². The second-order valence-corrected chi connectivity index (χ2v) is 19.2. The summed E-state index contributed by atoms with van der Waals surface area (Å²) in [7, 11) is -0.772. The van der Waals surface area contributed by atoms with Crippen molar-refractivity contribution in [2.45, 2.75) is 76.4 Å². The fraction of sp³-hybridized carbons (Fsp3) is 0.400. The molecule has 13 heteroatoms. The fourth-order valence-corrected chi connectivity index (χ4v) is 9.52. The summed E-state index contributed by atoms with van der Waals surface area (Å²) in [6.07, 6.45) is 8.16. The van der Waals surface area contributed by atoms with E-state index < -0.39 is 19.1 Å². The van der Waals surface area contributed by atoms with E-state index in [2.05, 4.69) is 50.6 Å². The predicted octanol–water partition coefficient (Wildman–Crippen LogP) is 6.11. The minimum absolute atomic E-state index is 0.171. The summed E-state index contributed by atoms with van der Waals surface area (Å²) in [6, 6.07) is 19.6. The Morgan fingerprint density at radius 3 is 2.57 bits per heavy atom. The zero-order valence-electron chi connectivity index (χ0n) is 33.4. The molecule has 0 aliphatic carbocycles. The number of methoxy groups -OCH3 is 1. The van der Waals surface area contributed by atoms with Crippen LogP contribution in [0, 0.1) is 11.8 Å². The first-order valence-electron chi connectivity index (χ1n) is 20.0. The number of nitrogens with zero attached hydrogens (tertiary/aromatic N) is 4. The number of nitrogens with one attached hydrogen (secondary N) is 2. The number of carbonyl (C=O) groups is 3. The summed E-state index contributed by atoms with van der Waals surface area (Å²) >= 11 is 6.55. The van der Waals surface area contributed by atoms with Crippen LogP contribution < -0.4 is 25.6 Å². The van der Waals surface area contributed by atoms with Gasteiger partial charge in [-0.05, 0) is 87.4 Å². The molecule has 2 N–H and O–H groups in total. The lowest BCUT2D eigenvalue weighted by Crippen LogP contribution is -2.52. The molecule has 1 unspecified atom stereocenters. The number of fused-ring (bicyclic) bond motifs is 1. The Labute approximate surface area is 345 Å². The van der Waals surface area contributed by atoms with E-state index in [1.807, 2.05) is 36.4 Å². The lowest BCUT2D eigenvalue weighted by atomic mass is 10.0. The Morgan fingerprint density at radius 1 is 0.983 bits per heavy atom. The van der Waals surface area contributed by atoms with Crippen molar-refractivity contribution < 1.29 is 23.7 Å². The molecule has 3 amide bonds. The molecule has 7 rings (SSSR count). The van der Waals surface area contributed by atoms with Gasteiger partial charge in [-0.15, -0.1) is 0 Å². The maximum Gasteiger partial charge on any atom is 0.255 e. The van der Waals surface area contributed by atoms with Crippen molar-refractivity contribution in [2.75, 3.05) is 45.0 Å². The summed E-state index contributed by atoms with van der Waals surface area (Å²) < 4.78 is 18.8. The second kappa shape index (κ2) is 18.3. The van der Waals surface area contributed by atoms with Crippen molar-refractivity contribution in [3.8, 4) is 17.6 Å². The molecule has 0 bridgehead atoms. The zero-order valence-corrected chi connectivity index (χ0v) is 35.0. The molecule has 4 aromatic rings. The molecule has 0 saturated carbocycles. The molecule has 3 aromatic carbocycles. The van der Waals surface area contributed by atoms with Crippen LogP contribution in [0.15, 0.2) is 66.9 Å². The lowest BCUT2D eigenvalue weighted by Gasteiger charge is -2.34. The molecule has 3 aliphatic heterocycles. The number of carbonyl (C=O) groups excluding carboxylic acids is 3. The number of unbranched alkanes of at least 4 members (excludes halogenated alkanes) is 2. The molecule has 0 spiro atoms. The normalized spacial score (nSPS) is 17.2. The number of amides is 3. The Bertz CT molecular complexity index is 2310. The standard InChI is InChI=1S/C45H50ClN6O5P/c1-57-40-27-35(15-14-31(40)26-42-48-28-37(46)38(49-42)25-32-11-7-8-12-41(32)58(2,3)56)51-22-19-34(20-23-51)47-21-9-5-4-6-10-30-13-16-36-33(24-30)29-52(45(36)55)39-17-18-43(53)50-44(39)54/h7-8,11-16,24,27-28,34,39,47H,4-5,9,17-23,25-26,29H2,1-3H3,(H,50,53,54). The lowest BCUT2D eigenvalue weighted by molar-refractivity contribution is -0.136. The fourth-order valence-electron chi connectivity index (χ4n) is 8.07. The van der Waals surface area contributed by atoms with Gasteiger partial charge in [0, 0.05) is 91.3 Å². The molecule has 3 aliphatic rings. The van der Waals surface area contributed by atoms with Gasteiger partial charge in [0.1, 0.15) is 24.8 Å². The van der Waals surface area contributed by atoms with Gasteiger partial charge in [0.15, 0.2) is 0 Å². The van der Waals surface area contributed by atoms with Crippen LogP contribution in [-0.2, 0) is 33.5 Å². The highest BCUT2D eigenvalue weighted by molar-refractivity contribution is 7.70. The van der Waals surface area contributed by atoms with Crippen LogP contribution in [0.25, 0.3) is 0 Å². The molecular formula is C45H50ClN6O5P. The van der Waals surface area contributed by atoms with Crippen LogP contribution in [0.5, 0.6) is 5.75 Å². The van der Waals surface area contributed by atoms with Crippen LogP contribution in [0.3, 0.4) is 0 Å². The van der Waals surface area contributed by atoms with Gasteiger partial charge in [-0.2, -0.15) is 0 Å². The van der Waals surface area contributed by atoms with Gasteiger partial charge in [0.25, 0.3) is 5.91 Å². The first-order valence-corrected chi connectivity index (χ1v) is 23.0. The number of imide groups is 1. The summed E-state index contributed by atoms with van der Waals surface area (Å²) in [4.78, 5) is 50.2. The van der Waals surface area contributed by atoms with Gasteiger partial charge < -0.3 is 24.4 Å². The number of anilines is 1. The van der Waals surface area contributed by atoms with Gasteiger partial charge in [-0.3, -0.25) is 19.7 Å². The van der Waals surface area contributed by atoms with Gasteiger partial charge in [-0.1, -0.05) is 53.8 Å². The van der Waals surface area contributed by atoms with E-state index in [1.165, 1.54) is 0 Å². The van der Waals surface area contributed by atoms with Crippen molar-refractivity contribution in [2.24, 2.45) is 0 Å². The average Bonchev–Trinajstić information content (AvgIpc) is 3.53. The summed E-state index contributed by atoms with van der Waals surface area (Å²) in [5, 5.41) is 7.43. The van der Waals surface area contributed by atoms with Crippen LogP contribution in [0.4, 0.5) is 5.69 Å². The smallest absolute Gasteiger partial charge is 0.255 e. The summed E-state index contributed by atoms with van der Waals surface area (Å²) in [5.74, 6) is 7.11. The molecule has 0 radical (unpaired) electrons. The molecular weight excluding hydrogens is 771 g/mol. The van der Waals surface area contributed by atoms with E-state index in [0.717, 1.165) is 90.7 Å². The van der Waals surface area contributed by atoms with Gasteiger partial charge in [0.2, 0.25) is 11.8 Å². The molecule has 1 aromatic heterocycles. The van der Waals surface area contributed by atoms with Crippen molar-refractivity contribution in [3.63, 3.8) is 0 Å². The molecule has 2 fully saturated rings. The number of benzene rings is 3. The van der Waals surface area contributed by atoms with Crippen molar-refractivity contribution in [1.29, 1.82) is 0 Å². The number of ether oxygens (including phenoxy) is 1. The Kier molecular flexibility index (Phi) is 13.0. The highest BCUT2D eigenvalue weighted by Gasteiger charge is 2.39. The molecule has 2 saturated heterocycles. The van der Waals surface area contributed by atoms with E-state index in [1.54, 1.807) is 37.6 Å². The SMILES string of the molecule is COc1cc(N2CCC(NCCCCC#Cc3ccc4c(c3)CN(C3CCC(=O)NC3=O)C4=O)CC2)ccc1Cc1ncc(Cl)c(Cc2ccccc2P(C)(C)=O)n1. The third-order valence-corrected chi connectivity index (χ3v) is 13.1. The Hall–Kier alpha value is -5.01. The van der Waals surface area contributed by atoms with E-state index >= 15 is 0 Å². The highest BCUT2D eigenvalue weighted by atomic mass is 35.5. The number of aromatic nitrogens is 2. The van der Waals surface area contributed by atoms with Crippen molar-refractivity contribution in [3.05, 3.63) is 111 Å². The average molecular weight is 821 g/mol. The van der Waals surface area contributed by atoms with Gasteiger partial charge >= 0.3 is 0 Å².